The second-order valence-electron chi connectivity index (χ2n) is 7.56. The molecular formula is C25H24N4O3S. The predicted octanol–water partition coefficient (Wildman–Crippen LogP) is 4.00. The van der Waals surface area contributed by atoms with Gasteiger partial charge in [-0.2, -0.15) is 0 Å². The Labute approximate surface area is 196 Å². The van der Waals surface area contributed by atoms with Gasteiger partial charge in [0, 0.05) is 0 Å². The molecule has 0 saturated heterocycles. The van der Waals surface area contributed by atoms with Gasteiger partial charge in [0.15, 0.2) is 16.7 Å². The van der Waals surface area contributed by atoms with Crippen LogP contribution in [0.25, 0.3) is 11.6 Å². The van der Waals surface area contributed by atoms with E-state index in [1.165, 1.54) is 18.7 Å². The summed E-state index contributed by atoms with van der Waals surface area (Å²) in [4.78, 5) is 24.8. The number of hydrogen-bond acceptors (Lipinski definition) is 6. The molecule has 0 fully saturated rings. The highest BCUT2D eigenvalue weighted by atomic mass is 32.2. The van der Waals surface area contributed by atoms with E-state index in [0.717, 1.165) is 11.1 Å². The first-order valence-electron chi connectivity index (χ1n) is 10.6. The Morgan fingerprint density at radius 1 is 0.970 bits per heavy atom. The van der Waals surface area contributed by atoms with Crippen LogP contribution in [-0.2, 0) is 22.6 Å². The fraction of sp³-hybridized carbons (Fsp3) is 0.200. The van der Waals surface area contributed by atoms with Crippen molar-refractivity contribution < 1.29 is 14.0 Å². The molecule has 1 N–H and O–H groups in total. The molecule has 7 nitrogen and oxygen atoms in total. The van der Waals surface area contributed by atoms with Crippen molar-refractivity contribution in [2.75, 3.05) is 5.75 Å². The number of nitrogens with one attached hydrogen (secondary N) is 1. The quantitative estimate of drug-likeness (QED) is 0.360. The molecule has 0 radical (unpaired) electrons. The number of amides is 1. The monoisotopic (exact) mass is 460 g/mol. The highest BCUT2D eigenvalue weighted by Gasteiger charge is 2.20. The number of carbonyl (C=O) groups excluding carboxylic acids is 2. The van der Waals surface area contributed by atoms with E-state index >= 15 is 0 Å². The van der Waals surface area contributed by atoms with Crippen LogP contribution in [0.2, 0.25) is 0 Å². The third-order valence-electron chi connectivity index (χ3n) is 5.08. The fourth-order valence-corrected chi connectivity index (χ4v) is 4.15. The molecule has 0 saturated carbocycles. The van der Waals surface area contributed by atoms with Crippen LogP contribution >= 0.6 is 11.8 Å². The van der Waals surface area contributed by atoms with Gasteiger partial charge in [-0.25, -0.2) is 0 Å². The van der Waals surface area contributed by atoms with E-state index in [0.29, 0.717) is 29.7 Å². The molecule has 0 bridgehead atoms. The third-order valence-corrected chi connectivity index (χ3v) is 6.05. The molecular weight excluding hydrogens is 436 g/mol. The van der Waals surface area contributed by atoms with Crippen LogP contribution in [0, 0.1) is 0 Å². The van der Waals surface area contributed by atoms with Crippen LogP contribution in [-0.4, -0.2) is 38.2 Å². The molecule has 0 spiro atoms. The summed E-state index contributed by atoms with van der Waals surface area (Å²) < 4.78 is 7.45. The zero-order chi connectivity index (χ0) is 23.0. The number of carbonyl (C=O) groups is 2. The van der Waals surface area contributed by atoms with Crippen molar-refractivity contribution in [3.05, 3.63) is 90.2 Å². The molecule has 0 aliphatic carbocycles. The minimum absolute atomic E-state index is 0.0791. The van der Waals surface area contributed by atoms with Crippen molar-refractivity contribution in [2.45, 2.75) is 31.1 Å². The normalized spacial score (nSPS) is 11.8. The van der Waals surface area contributed by atoms with E-state index in [2.05, 4.69) is 15.5 Å². The van der Waals surface area contributed by atoms with Gasteiger partial charge < -0.3 is 9.73 Å². The number of ketones is 1. The first-order valence-corrected chi connectivity index (χ1v) is 11.6. The second kappa shape index (κ2) is 10.8. The summed E-state index contributed by atoms with van der Waals surface area (Å²) in [6.45, 7) is 2.03. The molecule has 168 valence electrons. The molecule has 2 aromatic heterocycles. The maximum atomic E-state index is 12.7. The second-order valence-corrected chi connectivity index (χ2v) is 8.51. The van der Waals surface area contributed by atoms with E-state index in [1.807, 2.05) is 71.3 Å². The summed E-state index contributed by atoms with van der Waals surface area (Å²) >= 11 is 1.28. The lowest BCUT2D eigenvalue weighted by Gasteiger charge is -2.16. The smallest absolute Gasteiger partial charge is 0.231 e. The van der Waals surface area contributed by atoms with Crippen LogP contribution in [0.1, 0.15) is 18.1 Å². The standard InChI is InChI=1S/C25H24N4O3S/c1-18(30)21(15-19-9-4-2-5-10-19)26-23(31)17-33-25-28-27-24(22-13-8-14-32-22)29(25)16-20-11-6-3-7-12-20/h2-14,21H,15-17H2,1H3,(H,26,31). The summed E-state index contributed by atoms with van der Waals surface area (Å²) in [5.74, 6) is 1.00. The van der Waals surface area contributed by atoms with Gasteiger partial charge in [0.2, 0.25) is 11.7 Å². The zero-order valence-corrected chi connectivity index (χ0v) is 19.0. The van der Waals surface area contributed by atoms with Crippen molar-refractivity contribution in [3.8, 4) is 11.6 Å². The molecule has 8 heteroatoms. The summed E-state index contributed by atoms with van der Waals surface area (Å²) in [6, 6.07) is 22.7. The van der Waals surface area contributed by atoms with Crippen LogP contribution in [0.3, 0.4) is 0 Å². The van der Waals surface area contributed by atoms with Gasteiger partial charge >= 0.3 is 0 Å². The lowest BCUT2D eigenvalue weighted by Crippen LogP contribution is -2.42. The average Bonchev–Trinajstić information content (AvgIpc) is 3.49. The summed E-state index contributed by atoms with van der Waals surface area (Å²) in [5, 5.41) is 12.0. The van der Waals surface area contributed by atoms with Crippen molar-refractivity contribution in [1.29, 1.82) is 0 Å². The molecule has 0 aliphatic rings. The molecule has 4 aromatic rings. The molecule has 1 amide bonds. The number of rotatable bonds is 10. The van der Waals surface area contributed by atoms with Crippen LogP contribution in [0.5, 0.6) is 0 Å². The molecule has 0 aliphatic heterocycles. The SMILES string of the molecule is CC(=O)C(Cc1ccccc1)NC(=O)CSc1nnc(-c2ccco2)n1Cc1ccccc1. The van der Waals surface area contributed by atoms with Crippen LogP contribution in [0.4, 0.5) is 0 Å². The van der Waals surface area contributed by atoms with Crippen molar-refractivity contribution >= 4 is 23.5 Å². The van der Waals surface area contributed by atoms with Gasteiger partial charge in [-0.1, -0.05) is 72.4 Å². The summed E-state index contributed by atoms with van der Waals surface area (Å²) in [5.41, 5.74) is 2.08. The average molecular weight is 461 g/mol. The number of thioether (sulfide) groups is 1. The van der Waals surface area contributed by atoms with E-state index < -0.39 is 6.04 Å². The molecule has 1 atom stereocenters. The van der Waals surface area contributed by atoms with Gasteiger partial charge in [-0.05, 0) is 36.6 Å². The Morgan fingerprint density at radius 2 is 1.67 bits per heavy atom. The fourth-order valence-electron chi connectivity index (χ4n) is 3.40. The number of aromatic nitrogens is 3. The Bertz CT molecular complexity index is 1190. The third kappa shape index (κ3) is 5.98. The van der Waals surface area contributed by atoms with Crippen molar-refractivity contribution in [3.63, 3.8) is 0 Å². The Balaban J connectivity index is 1.46. The molecule has 2 aromatic carbocycles. The predicted molar refractivity (Wildman–Crippen MR) is 127 cm³/mol. The van der Waals surface area contributed by atoms with Gasteiger partial charge in [-0.3, -0.25) is 14.2 Å². The first-order chi connectivity index (χ1) is 16.1. The number of benzene rings is 2. The maximum Gasteiger partial charge on any atom is 0.231 e. The van der Waals surface area contributed by atoms with Crippen LogP contribution < -0.4 is 5.32 Å². The van der Waals surface area contributed by atoms with E-state index in [-0.39, 0.29) is 17.4 Å². The van der Waals surface area contributed by atoms with Gasteiger partial charge in [0.25, 0.3) is 0 Å². The number of furan rings is 1. The molecule has 4 rings (SSSR count). The van der Waals surface area contributed by atoms with Gasteiger partial charge in [0.1, 0.15) is 0 Å². The molecule has 33 heavy (non-hydrogen) atoms. The Hall–Kier alpha value is -3.65. The number of Topliss-reactive ketones (excluding diaryl/α,β-unsaturated/α-hetero) is 1. The molecule has 2 heterocycles. The lowest BCUT2D eigenvalue weighted by atomic mass is 10.0. The number of hydrogen-bond donors (Lipinski definition) is 1. The topological polar surface area (TPSA) is 90.0 Å². The van der Waals surface area contributed by atoms with Crippen molar-refractivity contribution in [2.24, 2.45) is 0 Å². The minimum Gasteiger partial charge on any atom is -0.461 e. The minimum atomic E-state index is -0.568. The maximum absolute atomic E-state index is 12.7. The molecule has 1 unspecified atom stereocenters. The van der Waals surface area contributed by atoms with E-state index in [9.17, 15) is 9.59 Å². The van der Waals surface area contributed by atoms with E-state index in [1.54, 1.807) is 12.3 Å². The Kier molecular flexibility index (Phi) is 7.36. The zero-order valence-electron chi connectivity index (χ0n) is 18.2. The Morgan fingerprint density at radius 3 is 2.30 bits per heavy atom. The van der Waals surface area contributed by atoms with Gasteiger partial charge in [0.05, 0.1) is 24.6 Å². The largest absolute Gasteiger partial charge is 0.461 e. The van der Waals surface area contributed by atoms with E-state index in [4.69, 9.17) is 4.42 Å². The summed E-state index contributed by atoms with van der Waals surface area (Å²) in [7, 11) is 0. The number of nitrogens with zero attached hydrogens (tertiary/aromatic N) is 3. The van der Waals surface area contributed by atoms with Gasteiger partial charge in [-0.15, -0.1) is 10.2 Å². The van der Waals surface area contributed by atoms with Crippen LogP contribution in [0.15, 0.2) is 88.6 Å². The van der Waals surface area contributed by atoms with Crippen molar-refractivity contribution in [1.82, 2.24) is 20.1 Å². The summed E-state index contributed by atoms with van der Waals surface area (Å²) in [6.07, 6.45) is 2.05. The first kappa shape index (κ1) is 22.5. The highest BCUT2D eigenvalue weighted by Crippen LogP contribution is 2.25. The highest BCUT2D eigenvalue weighted by molar-refractivity contribution is 7.99. The lowest BCUT2D eigenvalue weighted by molar-refractivity contribution is -0.125.